The van der Waals surface area contributed by atoms with Gasteiger partial charge in [-0.05, 0) is 43.0 Å². The van der Waals surface area contributed by atoms with E-state index >= 15 is 0 Å². The molecule has 3 amide bonds. The first-order chi connectivity index (χ1) is 15.3. The van der Waals surface area contributed by atoms with Crippen LogP contribution >= 0.6 is 0 Å². The number of piperidine rings is 1. The van der Waals surface area contributed by atoms with Crippen LogP contribution < -0.4 is 16.6 Å². The number of aromatic nitrogens is 3. The van der Waals surface area contributed by atoms with Gasteiger partial charge >= 0.3 is 11.8 Å². The molecule has 32 heavy (non-hydrogen) atoms. The number of carbonyl (C=O) groups is 3. The monoisotopic (exact) mass is 434 g/mol. The highest BCUT2D eigenvalue weighted by atomic mass is 16.2. The molecule has 3 aromatic rings. The predicted molar refractivity (Wildman–Crippen MR) is 117 cm³/mol. The number of H-pyrrole nitrogens is 1. The van der Waals surface area contributed by atoms with Gasteiger partial charge in [-0.1, -0.05) is 6.92 Å². The number of primary amides is 1. The van der Waals surface area contributed by atoms with E-state index < -0.39 is 17.7 Å². The lowest BCUT2D eigenvalue weighted by Crippen LogP contribution is -2.46. The fourth-order valence-corrected chi connectivity index (χ4v) is 3.88. The molecule has 1 fully saturated rings. The van der Waals surface area contributed by atoms with Crippen LogP contribution in [0.4, 0.5) is 5.69 Å². The second kappa shape index (κ2) is 8.58. The highest BCUT2D eigenvalue weighted by Crippen LogP contribution is 2.33. The zero-order valence-electron chi connectivity index (χ0n) is 17.4. The molecule has 4 rings (SSSR count). The third kappa shape index (κ3) is 4.34. The van der Waals surface area contributed by atoms with Gasteiger partial charge in [0.05, 0.1) is 40.2 Å². The molecule has 0 aliphatic carbocycles. The summed E-state index contributed by atoms with van der Waals surface area (Å²) >= 11 is 0. The van der Waals surface area contributed by atoms with Crippen molar-refractivity contribution in [2.45, 2.75) is 25.8 Å². The van der Waals surface area contributed by atoms with Crippen LogP contribution in [0.25, 0.3) is 11.0 Å². The molecule has 1 aliphatic rings. The minimum absolute atomic E-state index is 0.123. The number of aromatic amines is 1. The van der Waals surface area contributed by atoms with Crippen molar-refractivity contribution in [3.05, 3.63) is 64.3 Å². The van der Waals surface area contributed by atoms with E-state index in [9.17, 15) is 19.2 Å². The van der Waals surface area contributed by atoms with Gasteiger partial charge in [0.1, 0.15) is 0 Å². The Bertz CT molecular complexity index is 1270. The number of nitrogens with zero attached hydrogens (tertiary/aromatic N) is 3. The van der Waals surface area contributed by atoms with Crippen LogP contribution in [0.3, 0.4) is 0 Å². The lowest BCUT2D eigenvalue weighted by molar-refractivity contribution is -0.146. The molecular weight excluding hydrogens is 412 g/mol. The fraction of sp³-hybridized carbons (Fsp3) is 0.273. The van der Waals surface area contributed by atoms with Crippen LogP contribution in [0.5, 0.6) is 0 Å². The van der Waals surface area contributed by atoms with Crippen molar-refractivity contribution in [3.8, 4) is 0 Å². The summed E-state index contributed by atoms with van der Waals surface area (Å²) in [7, 11) is 0. The van der Waals surface area contributed by atoms with Crippen molar-refractivity contribution >= 4 is 34.4 Å². The summed E-state index contributed by atoms with van der Waals surface area (Å²) in [4.78, 5) is 61.4. The quantitative estimate of drug-likeness (QED) is 0.530. The molecule has 0 bridgehead atoms. The summed E-state index contributed by atoms with van der Waals surface area (Å²) in [6.45, 7) is 2.43. The highest BCUT2D eigenvalue weighted by molar-refractivity contribution is 6.39. The molecule has 2 atom stereocenters. The lowest BCUT2D eigenvalue weighted by Gasteiger charge is -2.38. The summed E-state index contributed by atoms with van der Waals surface area (Å²) in [5, 5.41) is 2.50. The number of amides is 3. The first kappa shape index (κ1) is 21.2. The van der Waals surface area contributed by atoms with Crippen LogP contribution in [-0.4, -0.2) is 44.1 Å². The van der Waals surface area contributed by atoms with E-state index in [0.29, 0.717) is 29.7 Å². The lowest BCUT2D eigenvalue weighted by atomic mass is 9.92. The number of nitrogens with two attached hydrogens (primary N) is 1. The standard InChI is InChI=1S/C22H22N6O4/c1-12-2-6-18(17-4-3-16-15(26-17)5-7-19(29)27-16)28(11-12)22(32)21(31)25-14-8-13(20(23)30)9-24-10-14/h3-5,7-10,12,18H,2,6,11H2,1H3,(H2,23,30)(H,25,31)(H,27,29). The molecule has 0 radical (unpaired) electrons. The van der Waals surface area contributed by atoms with E-state index in [-0.39, 0.29) is 28.8 Å². The molecule has 164 valence electrons. The molecule has 10 nitrogen and oxygen atoms in total. The Balaban J connectivity index is 1.59. The minimum Gasteiger partial charge on any atom is -0.366 e. The first-order valence-electron chi connectivity index (χ1n) is 10.2. The number of pyridine rings is 3. The van der Waals surface area contributed by atoms with Gasteiger partial charge in [-0.15, -0.1) is 0 Å². The van der Waals surface area contributed by atoms with Gasteiger partial charge in [-0.3, -0.25) is 24.2 Å². The third-order valence-corrected chi connectivity index (χ3v) is 5.49. The maximum atomic E-state index is 13.1. The number of anilines is 1. The van der Waals surface area contributed by atoms with Crippen LogP contribution in [0.1, 0.15) is 41.9 Å². The van der Waals surface area contributed by atoms with Gasteiger partial charge < -0.3 is 20.9 Å². The summed E-state index contributed by atoms with van der Waals surface area (Å²) < 4.78 is 0. The van der Waals surface area contributed by atoms with E-state index in [1.165, 1.54) is 29.4 Å². The Labute approximate surface area is 182 Å². The molecule has 4 N–H and O–H groups in total. The second-order valence-corrected chi connectivity index (χ2v) is 7.93. The maximum absolute atomic E-state index is 13.1. The Morgan fingerprint density at radius 1 is 1.16 bits per heavy atom. The normalized spacial score (nSPS) is 18.3. The van der Waals surface area contributed by atoms with Crippen molar-refractivity contribution in [1.82, 2.24) is 19.9 Å². The van der Waals surface area contributed by atoms with E-state index in [4.69, 9.17) is 5.73 Å². The smallest absolute Gasteiger partial charge is 0.313 e. The molecule has 0 saturated carbocycles. The van der Waals surface area contributed by atoms with Crippen molar-refractivity contribution in [2.24, 2.45) is 11.7 Å². The third-order valence-electron chi connectivity index (χ3n) is 5.49. The molecule has 10 heteroatoms. The number of likely N-dealkylation sites (tertiary alicyclic amines) is 1. The summed E-state index contributed by atoms with van der Waals surface area (Å²) in [5.41, 5.74) is 7.20. The van der Waals surface area contributed by atoms with Gasteiger partial charge in [0, 0.05) is 18.8 Å². The fourth-order valence-electron chi connectivity index (χ4n) is 3.88. The average Bonchev–Trinajstić information content (AvgIpc) is 2.78. The molecule has 0 spiro atoms. The van der Waals surface area contributed by atoms with E-state index in [1.807, 2.05) is 6.92 Å². The second-order valence-electron chi connectivity index (χ2n) is 7.93. The predicted octanol–water partition coefficient (Wildman–Crippen LogP) is 1.36. The number of fused-ring (bicyclic) bond motifs is 1. The van der Waals surface area contributed by atoms with Crippen molar-refractivity contribution in [1.29, 1.82) is 0 Å². The number of carbonyl (C=O) groups excluding carboxylic acids is 3. The van der Waals surface area contributed by atoms with Crippen LogP contribution in [-0.2, 0) is 9.59 Å². The van der Waals surface area contributed by atoms with Crippen molar-refractivity contribution in [2.75, 3.05) is 11.9 Å². The molecule has 2 unspecified atom stereocenters. The van der Waals surface area contributed by atoms with Gasteiger partial charge in [-0.2, -0.15) is 0 Å². The Morgan fingerprint density at radius 2 is 1.97 bits per heavy atom. The van der Waals surface area contributed by atoms with Gasteiger partial charge in [0.15, 0.2) is 0 Å². The number of rotatable bonds is 3. The van der Waals surface area contributed by atoms with Gasteiger partial charge in [0.2, 0.25) is 11.5 Å². The van der Waals surface area contributed by atoms with Crippen molar-refractivity contribution in [3.63, 3.8) is 0 Å². The number of hydrogen-bond acceptors (Lipinski definition) is 6. The summed E-state index contributed by atoms with van der Waals surface area (Å²) in [6, 6.07) is 7.52. The minimum atomic E-state index is -0.836. The topological polar surface area (TPSA) is 151 Å². The Hall–Kier alpha value is -4.08. The maximum Gasteiger partial charge on any atom is 0.313 e. The summed E-state index contributed by atoms with van der Waals surface area (Å²) in [6.07, 6.45) is 4.15. The number of nitrogens with one attached hydrogen (secondary N) is 2. The van der Waals surface area contributed by atoms with Crippen molar-refractivity contribution < 1.29 is 14.4 Å². The molecule has 0 aromatic carbocycles. The Kier molecular flexibility index (Phi) is 5.67. The average molecular weight is 434 g/mol. The van der Waals surface area contributed by atoms with Crippen LogP contribution in [0, 0.1) is 5.92 Å². The first-order valence-corrected chi connectivity index (χ1v) is 10.2. The van der Waals surface area contributed by atoms with E-state index in [0.717, 1.165) is 6.42 Å². The highest BCUT2D eigenvalue weighted by Gasteiger charge is 2.35. The summed E-state index contributed by atoms with van der Waals surface area (Å²) in [5.74, 6) is -2.00. The zero-order valence-corrected chi connectivity index (χ0v) is 17.4. The van der Waals surface area contributed by atoms with Gasteiger partial charge in [0.25, 0.3) is 0 Å². The zero-order chi connectivity index (χ0) is 22.8. The van der Waals surface area contributed by atoms with Crippen LogP contribution in [0.15, 0.2) is 47.5 Å². The molecule has 3 aromatic heterocycles. The van der Waals surface area contributed by atoms with E-state index in [2.05, 4.69) is 20.3 Å². The largest absolute Gasteiger partial charge is 0.366 e. The number of hydrogen-bond donors (Lipinski definition) is 3. The Morgan fingerprint density at radius 3 is 2.75 bits per heavy atom. The molecular formula is C22H22N6O4. The van der Waals surface area contributed by atoms with Crippen LogP contribution in [0.2, 0.25) is 0 Å². The van der Waals surface area contributed by atoms with Gasteiger partial charge in [-0.25, -0.2) is 4.98 Å². The SMILES string of the molecule is CC1CCC(c2ccc3[nH]c(=O)ccc3n2)N(C(=O)C(=O)Nc2cncc(C(N)=O)c2)C1. The molecule has 1 aliphatic heterocycles. The molecule has 1 saturated heterocycles. The molecule has 4 heterocycles. The van der Waals surface area contributed by atoms with E-state index in [1.54, 1.807) is 18.2 Å².